The highest BCUT2D eigenvalue weighted by atomic mass is 16.5. The average Bonchev–Trinajstić information content (AvgIpc) is 3.17. The maximum absolute atomic E-state index is 12.2. The largest absolute Gasteiger partial charge is 0.374 e. The first-order valence-corrected chi connectivity index (χ1v) is 7.66. The molecule has 6 nitrogen and oxygen atoms in total. The van der Waals surface area contributed by atoms with Crippen LogP contribution >= 0.6 is 0 Å². The first-order valence-electron chi connectivity index (χ1n) is 7.66. The number of nitrogens with one attached hydrogen (secondary N) is 2. The molecule has 0 aliphatic carbocycles. The number of H-pyrrole nitrogens is 1. The zero-order chi connectivity index (χ0) is 16.6. The molecule has 0 spiro atoms. The number of hydrogen-bond acceptors (Lipinski definition) is 4. The van der Waals surface area contributed by atoms with Gasteiger partial charge in [-0.2, -0.15) is 15.4 Å². The van der Waals surface area contributed by atoms with Crippen LogP contribution in [-0.2, 0) is 11.3 Å². The zero-order valence-corrected chi connectivity index (χ0v) is 13.1. The average molecular weight is 322 g/mol. The van der Waals surface area contributed by atoms with Crippen molar-refractivity contribution in [2.45, 2.75) is 12.6 Å². The Hall–Kier alpha value is -2.99. The number of amides is 1. The number of aromatic amines is 1. The van der Waals surface area contributed by atoms with Crippen molar-refractivity contribution in [3.8, 4) is 0 Å². The van der Waals surface area contributed by atoms with E-state index in [2.05, 4.69) is 20.7 Å². The number of ether oxygens (including phenoxy) is 1. The minimum absolute atomic E-state index is 0.249. The van der Waals surface area contributed by atoms with E-state index in [4.69, 9.17) is 4.74 Å². The Bertz CT molecular complexity index is 745. The fourth-order valence-electron chi connectivity index (χ4n) is 2.32. The molecule has 0 saturated heterocycles. The van der Waals surface area contributed by atoms with Crippen LogP contribution in [-0.4, -0.2) is 27.9 Å². The van der Waals surface area contributed by atoms with Crippen LogP contribution in [0.3, 0.4) is 0 Å². The highest BCUT2D eigenvalue weighted by Crippen LogP contribution is 2.14. The Morgan fingerprint density at radius 2 is 1.79 bits per heavy atom. The molecule has 2 N–H and O–H groups in total. The van der Waals surface area contributed by atoms with Crippen LogP contribution in [0.4, 0.5) is 0 Å². The summed E-state index contributed by atoms with van der Waals surface area (Å²) in [4.78, 5) is 12.2. The molecule has 1 heterocycles. The summed E-state index contributed by atoms with van der Waals surface area (Å²) in [5.41, 5.74) is 2.31. The van der Waals surface area contributed by atoms with Gasteiger partial charge in [-0.15, -0.1) is 0 Å². The molecule has 3 rings (SSSR count). The van der Waals surface area contributed by atoms with Gasteiger partial charge in [0.15, 0.2) is 5.69 Å². The third-order valence-electron chi connectivity index (χ3n) is 3.55. The van der Waals surface area contributed by atoms with E-state index in [1.807, 2.05) is 60.7 Å². The summed E-state index contributed by atoms with van der Waals surface area (Å²) >= 11 is 0. The molecule has 6 heteroatoms. The maximum Gasteiger partial charge on any atom is 0.274 e. The lowest BCUT2D eigenvalue weighted by molar-refractivity contribution is 0.0793. The topological polar surface area (TPSA) is 79.9 Å². The number of carbonyl (C=O) groups is 1. The quantitative estimate of drug-likeness (QED) is 0.700. The predicted molar refractivity (Wildman–Crippen MR) is 89.1 cm³/mol. The summed E-state index contributed by atoms with van der Waals surface area (Å²) in [6, 6.07) is 19.4. The fourth-order valence-corrected chi connectivity index (χ4v) is 2.32. The molecule has 0 saturated carbocycles. The van der Waals surface area contributed by atoms with Gasteiger partial charge in [0, 0.05) is 0 Å². The van der Waals surface area contributed by atoms with E-state index in [1.165, 1.54) is 6.20 Å². The van der Waals surface area contributed by atoms with Crippen molar-refractivity contribution < 1.29 is 9.53 Å². The van der Waals surface area contributed by atoms with Crippen LogP contribution < -0.4 is 5.32 Å². The lowest BCUT2D eigenvalue weighted by Gasteiger charge is -2.19. The van der Waals surface area contributed by atoms with Crippen LogP contribution in [0, 0.1) is 0 Å². The van der Waals surface area contributed by atoms with Crippen LogP contribution in [0.15, 0.2) is 66.9 Å². The maximum atomic E-state index is 12.2. The number of hydrogen-bond donors (Lipinski definition) is 2. The van der Waals surface area contributed by atoms with Gasteiger partial charge in [-0.25, -0.2) is 0 Å². The Kier molecular flexibility index (Phi) is 5.32. The van der Waals surface area contributed by atoms with Gasteiger partial charge < -0.3 is 10.1 Å². The van der Waals surface area contributed by atoms with Crippen molar-refractivity contribution in [1.29, 1.82) is 0 Å². The molecule has 1 atom stereocenters. The van der Waals surface area contributed by atoms with E-state index in [9.17, 15) is 4.79 Å². The molecule has 122 valence electrons. The summed E-state index contributed by atoms with van der Waals surface area (Å²) in [5, 5.41) is 12.8. The highest BCUT2D eigenvalue weighted by molar-refractivity contribution is 5.92. The Morgan fingerprint density at radius 3 is 2.46 bits per heavy atom. The van der Waals surface area contributed by atoms with Gasteiger partial charge in [0.25, 0.3) is 5.91 Å². The normalized spacial score (nSPS) is 11.8. The molecule has 0 bridgehead atoms. The van der Waals surface area contributed by atoms with Crippen molar-refractivity contribution in [3.63, 3.8) is 0 Å². The molecule has 0 unspecified atom stereocenters. The number of rotatable bonds is 7. The molecular weight excluding hydrogens is 304 g/mol. The first kappa shape index (κ1) is 15.9. The van der Waals surface area contributed by atoms with E-state index >= 15 is 0 Å². The molecule has 2 aromatic carbocycles. The molecule has 3 aromatic rings. The Balaban J connectivity index is 1.65. The van der Waals surface area contributed by atoms with E-state index in [-0.39, 0.29) is 17.6 Å². The summed E-state index contributed by atoms with van der Waals surface area (Å²) in [7, 11) is 0. The second-order valence-corrected chi connectivity index (χ2v) is 5.29. The standard InChI is InChI=1S/C18H18N4O2/c23-18(16-11-19-22-21-16)20-17(15-9-5-2-6-10-15)13-24-12-14-7-3-1-4-8-14/h1-11,17H,12-13H2,(H,20,23)(H,19,21,22)/t17-/m1/s1. The summed E-state index contributed by atoms with van der Waals surface area (Å²) in [5.74, 6) is -0.291. The Labute approximate surface area is 139 Å². The minimum Gasteiger partial charge on any atom is -0.374 e. The second kappa shape index (κ2) is 8.03. The van der Waals surface area contributed by atoms with Gasteiger partial charge in [-0.3, -0.25) is 4.79 Å². The molecule has 0 aliphatic rings. The fraction of sp³-hybridized carbons (Fsp3) is 0.167. The molecule has 0 fully saturated rings. The number of nitrogens with zero attached hydrogens (tertiary/aromatic N) is 2. The third kappa shape index (κ3) is 4.27. The van der Waals surface area contributed by atoms with Gasteiger partial charge in [0.05, 0.1) is 25.5 Å². The van der Waals surface area contributed by atoms with Gasteiger partial charge in [-0.1, -0.05) is 60.7 Å². The third-order valence-corrected chi connectivity index (χ3v) is 3.55. The summed E-state index contributed by atoms with van der Waals surface area (Å²) in [6.07, 6.45) is 1.39. The first-order chi connectivity index (χ1) is 11.8. The second-order valence-electron chi connectivity index (χ2n) is 5.29. The van der Waals surface area contributed by atoms with E-state index < -0.39 is 0 Å². The molecular formula is C18H18N4O2. The van der Waals surface area contributed by atoms with Crippen molar-refractivity contribution in [2.24, 2.45) is 0 Å². The number of carbonyl (C=O) groups excluding carboxylic acids is 1. The number of aromatic nitrogens is 3. The van der Waals surface area contributed by atoms with Crippen molar-refractivity contribution in [3.05, 3.63) is 83.7 Å². The summed E-state index contributed by atoms with van der Waals surface area (Å²) in [6.45, 7) is 0.854. The van der Waals surface area contributed by atoms with Crippen LogP contribution in [0.2, 0.25) is 0 Å². The van der Waals surface area contributed by atoms with Gasteiger partial charge in [0.1, 0.15) is 0 Å². The molecule has 1 amide bonds. The zero-order valence-electron chi connectivity index (χ0n) is 13.1. The van der Waals surface area contributed by atoms with Crippen molar-refractivity contribution in [2.75, 3.05) is 6.61 Å². The van der Waals surface area contributed by atoms with E-state index in [0.717, 1.165) is 11.1 Å². The Morgan fingerprint density at radius 1 is 1.08 bits per heavy atom. The molecule has 1 aromatic heterocycles. The highest BCUT2D eigenvalue weighted by Gasteiger charge is 2.17. The van der Waals surface area contributed by atoms with Crippen LogP contribution in [0.1, 0.15) is 27.7 Å². The SMILES string of the molecule is O=C(N[C@H](COCc1ccccc1)c1ccccc1)c1cn[nH]n1. The van der Waals surface area contributed by atoms with Crippen molar-refractivity contribution in [1.82, 2.24) is 20.7 Å². The molecule has 24 heavy (non-hydrogen) atoms. The van der Waals surface area contributed by atoms with Crippen LogP contribution in [0.5, 0.6) is 0 Å². The summed E-state index contributed by atoms with van der Waals surface area (Å²) < 4.78 is 5.80. The lowest BCUT2D eigenvalue weighted by atomic mass is 10.1. The van der Waals surface area contributed by atoms with Gasteiger partial charge >= 0.3 is 0 Å². The smallest absolute Gasteiger partial charge is 0.274 e. The number of benzene rings is 2. The monoisotopic (exact) mass is 322 g/mol. The minimum atomic E-state index is -0.291. The van der Waals surface area contributed by atoms with E-state index in [1.54, 1.807) is 0 Å². The lowest BCUT2D eigenvalue weighted by Crippen LogP contribution is -2.31. The predicted octanol–water partition coefficient (Wildman–Crippen LogP) is 2.49. The van der Waals surface area contributed by atoms with Crippen LogP contribution in [0.25, 0.3) is 0 Å². The van der Waals surface area contributed by atoms with Crippen molar-refractivity contribution >= 4 is 5.91 Å². The molecule has 0 aliphatic heterocycles. The molecule has 0 radical (unpaired) electrons. The van der Waals surface area contributed by atoms with Gasteiger partial charge in [-0.05, 0) is 11.1 Å². The van der Waals surface area contributed by atoms with E-state index in [0.29, 0.717) is 13.2 Å². The van der Waals surface area contributed by atoms with Gasteiger partial charge in [0.2, 0.25) is 0 Å².